The zero-order valence-corrected chi connectivity index (χ0v) is 32.6. The van der Waals surface area contributed by atoms with Gasteiger partial charge in [-0.25, -0.2) is 0 Å². The number of hydrogen-bond acceptors (Lipinski definition) is 2. The molecule has 0 aliphatic rings. The number of hydrogen-bond donors (Lipinski definition) is 2. The Hall–Kier alpha value is 5.72. The van der Waals surface area contributed by atoms with E-state index in [9.17, 15) is 0 Å². The van der Waals surface area contributed by atoms with E-state index >= 15 is 0 Å². The molecule has 0 amide bonds. The lowest BCUT2D eigenvalue weighted by atomic mass is 11.8. The van der Waals surface area contributed by atoms with Crippen molar-refractivity contribution < 1.29 is 10.2 Å². The second-order valence-electron chi connectivity index (χ2n) is 1.01. The van der Waals surface area contributed by atoms with Gasteiger partial charge in [0.1, 0.15) is 0 Å². The van der Waals surface area contributed by atoms with Crippen LogP contribution in [0.15, 0.2) is 0 Å². The molecule has 0 aliphatic carbocycles. The monoisotopic (exact) mass is 904 g/mol. The third kappa shape index (κ3) is 1550. The van der Waals surface area contributed by atoms with Gasteiger partial charge in [-0.3, -0.25) is 0 Å². The summed E-state index contributed by atoms with van der Waals surface area (Å²) in [5.41, 5.74) is 0. The minimum absolute atomic E-state index is 0.194. The zero-order chi connectivity index (χ0) is 31.1. The standard InChI is InChI=1S/10CH2Cl2.2CH4O/c10*2-1-3;2*1-2/h10*1H2;2*2H,1H3. The highest BCUT2D eigenvalue weighted by molar-refractivity contribution is 6.43. The smallest absolute Gasteiger partial charge is 0.0967 e. The van der Waals surface area contributed by atoms with E-state index < -0.39 is 0 Å². The zero-order valence-electron chi connectivity index (χ0n) is 17.5. The molecule has 0 heterocycles. The molecule has 0 radical (unpaired) electrons. The van der Waals surface area contributed by atoms with Crippen LogP contribution in [0.2, 0.25) is 0 Å². The lowest BCUT2D eigenvalue weighted by Gasteiger charge is -1.42. The van der Waals surface area contributed by atoms with Gasteiger partial charge in [-0.15, -0.1) is 232 Å². The first-order valence-corrected chi connectivity index (χ1v) is 16.9. The van der Waals surface area contributed by atoms with Crippen LogP contribution in [0.5, 0.6) is 0 Å². The van der Waals surface area contributed by atoms with E-state index in [1.807, 2.05) is 0 Å². The van der Waals surface area contributed by atoms with E-state index in [0.717, 1.165) is 14.2 Å². The molecule has 0 spiro atoms. The second kappa shape index (κ2) is 223. The van der Waals surface area contributed by atoms with Crippen molar-refractivity contribution in [1.29, 1.82) is 0 Å². The van der Waals surface area contributed by atoms with Gasteiger partial charge in [0.25, 0.3) is 0 Å². The molecule has 0 bridgehead atoms. The maximum atomic E-state index is 7.00. The van der Waals surface area contributed by atoms with E-state index in [0.29, 0.717) is 0 Å². The van der Waals surface area contributed by atoms with Crippen LogP contribution >= 0.6 is 232 Å². The summed E-state index contributed by atoms with van der Waals surface area (Å²) in [7, 11) is 2.00. The maximum absolute atomic E-state index is 7.00. The van der Waals surface area contributed by atoms with Crippen LogP contribution in [0.25, 0.3) is 0 Å². The Kier molecular flexibility index (Phi) is 508. The average molecular weight is 913 g/mol. The molecule has 0 fully saturated rings. The van der Waals surface area contributed by atoms with Crippen LogP contribution in [-0.2, 0) is 0 Å². The van der Waals surface area contributed by atoms with Gasteiger partial charge in [-0.2, -0.15) is 0 Å². The van der Waals surface area contributed by atoms with E-state index in [2.05, 4.69) is 0 Å². The number of rotatable bonds is 0. The van der Waals surface area contributed by atoms with Crippen molar-refractivity contribution in [3.05, 3.63) is 0 Å². The minimum Gasteiger partial charge on any atom is -0.400 e. The fourth-order valence-corrected chi connectivity index (χ4v) is 0. The molecule has 0 unspecified atom stereocenters. The van der Waals surface area contributed by atoms with Gasteiger partial charge in [-0.1, -0.05) is 0 Å². The van der Waals surface area contributed by atoms with Crippen molar-refractivity contribution in [1.82, 2.24) is 0 Å². The molecule has 0 aromatic rings. The van der Waals surface area contributed by atoms with Crippen molar-refractivity contribution in [2.45, 2.75) is 0 Å². The lowest BCUT2D eigenvalue weighted by molar-refractivity contribution is 0.399. The Bertz CT molecular complexity index is 74.7. The summed E-state index contributed by atoms with van der Waals surface area (Å²) in [5, 5.41) is 15.9. The van der Waals surface area contributed by atoms with Crippen LogP contribution in [0.1, 0.15) is 0 Å². The van der Waals surface area contributed by atoms with Gasteiger partial charge in [-0.05, 0) is 0 Å². The minimum atomic E-state index is 0.194. The fraction of sp³-hybridized carbons (Fsp3) is 1.00. The first kappa shape index (κ1) is 77.5. The molecule has 34 heavy (non-hydrogen) atoms. The topological polar surface area (TPSA) is 40.5 Å². The van der Waals surface area contributed by atoms with Crippen LogP contribution < -0.4 is 0 Å². The van der Waals surface area contributed by atoms with Crippen LogP contribution in [0, 0.1) is 0 Å². The number of aliphatic hydroxyl groups is 2. The predicted molar refractivity (Wildman–Crippen MR) is 182 cm³/mol. The quantitative estimate of drug-likeness (QED) is 0.238. The predicted octanol–water partition coefficient (Wildman–Crippen LogP) is 13.4. The van der Waals surface area contributed by atoms with Gasteiger partial charge in [0.15, 0.2) is 0 Å². The Morgan fingerprint density at radius 2 is 0.206 bits per heavy atom. The molecule has 0 aliphatic heterocycles. The number of halogens is 20. The Morgan fingerprint density at radius 3 is 0.206 bits per heavy atom. The van der Waals surface area contributed by atoms with Crippen molar-refractivity contribution >= 4 is 232 Å². The lowest BCUT2D eigenvalue weighted by Crippen LogP contribution is -1.25. The van der Waals surface area contributed by atoms with Crippen LogP contribution in [-0.4, -0.2) is 77.8 Å². The van der Waals surface area contributed by atoms with E-state index in [1.54, 1.807) is 0 Å². The summed E-state index contributed by atoms with van der Waals surface area (Å²) in [5.74, 6) is 0. The number of aliphatic hydroxyl groups excluding tert-OH is 2. The summed E-state index contributed by atoms with van der Waals surface area (Å²) in [6, 6.07) is 0. The van der Waals surface area contributed by atoms with E-state index in [1.165, 1.54) is 0 Å². The SMILES string of the molecule is CO.CO.ClCCl.ClCCl.ClCCl.ClCCl.ClCCl.ClCCl.ClCCl.ClCCl.ClCCl.ClCCl. The normalized spacial score (nSPS) is 5.65. The first-order valence-electron chi connectivity index (χ1n) is 6.24. The summed E-state index contributed by atoms with van der Waals surface area (Å²) >= 11 is 95.3. The molecule has 2 N–H and O–H groups in total. The van der Waals surface area contributed by atoms with Gasteiger partial charge in [0, 0.05) is 14.2 Å². The van der Waals surface area contributed by atoms with E-state index in [4.69, 9.17) is 242 Å². The second-order valence-corrected chi connectivity index (χ2v) is 9.09. The third-order valence-electron chi connectivity index (χ3n) is 0. The van der Waals surface area contributed by atoms with Crippen molar-refractivity contribution in [2.75, 3.05) is 67.6 Å². The molecular formula is C12H28Cl20O2. The highest BCUT2D eigenvalue weighted by Crippen LogP contribution is 1.75. The highest BCUT2D eigenvalue weighted by Gasteiger charge is 1.44. The fourth-order valence-electron chi connectivity index (χ4n) is 0. The summed E-state index contributed by atoms with van der Waals surface area (Å²) in [6.07, 6.45) is 0. The number of alkyl halides is 20. The summed E-state index contributed by atoms with van der Waals surface area (Å²) < 4.78 is 0. The molecule has 228 valence electrons. The Morgan fingerprint density at radius 1 is 0.206 bits per heavy atom. The van der Waals surface area contributed by atoms with Crippen LogP contribution in [0.4, 0.5) is 0 Å². The highest BCUT2D eigenvalue weighted by atomic mass is 35.6. The van der Waals surface area contributed by atoms with Gasteiger partial charge in [0.2, 0.25) is 0 Å². The maximum Gasteiger partial charge on any atom is 0.0967 e. The Labute approximate surface area is 305 Å². The average Bonchev–Trinajstić information content (AvgIpc) is 2.76. The van der Waals surface area contributed by atoms with Gasteiger partial charge in [0.05, 0.1) is 53.4 Å². The van der Waals surface area contributed by atoms with Crippen molar-refractivity contribution in [3.8, 4) is 0 Å². The van der Waals surface area contributed by atoms with Crippen molar-refractivity contribution in [2.24, 2.45) is 0 Å². The first-order chi connectivity index (χ1) is 16.1. The molecule has 0 aromatic heterocycles. The molecule has 0 saturated carbocycles. The molecule has 0 rings (SSSR count). The summed E-state index contributed by atoms with van der Waals surface area (Å²) in [4.78, 5) is 0. The van der Waals surface area contributed by atoms with Gasteiger partial charge >= 0.3 is 0 Å². The molecular weight excluding hydrogens is 885 g/mol. The van der Waals surface area contributed by atoms with Crippen LogP contribution in [0.3, 0.4) is 0 Å². The van der Waals surface area contributed by atoms with Gasteiger partial charge < -0.3 is 10.2 Å². The third-order valence-corrected chi connectivity index (χ3v) is 0. The van der Waals surface area contributed by atoms with E-state index in [-0.39, 0.29) is 53.4 Å². The molecule has 22 heteroatoms. The van der Waals surface area contributed by atoms with Crippen molar-refractivity contribution in [3.63, 3.8) is 0 Å². The molecule has 2 nitrogen and oxygen atoms in total. The molecule has 0 saturated heterocycles. The Balaban J connectivity index is -0.0000000156. The molecule has 0 atom stereocenters. The molecule has 0 aromatic carbocycles. The summed E-state index contributed by atoms with van der Waals surface area (Å²) in [6.45, 7) is 0. The largest absolute Gasteiger partial charge is 0.400 e.